The molecule has 3 aromatic carbocycles. The first-order valence-corrected chi connectivity index (χ1v) is 17.1. The normalized spacial score (nSPS) is 16.1. The molecule has 0 aliphatic carbocycles. The van der Waals surface area contributed by atoms with Crippen LogP contribution >= 0.6 is 34.8 Å². The fourth-order valence-corrected chi connectivity index (χ4v) is 6.27. The van der Waals surface area contributed by atoms with Gasteiger partial charge in [0, 0.05) is 35.9 Å². The number of nitrogens with one attached hydrogen (secondary N) is 4. The van der Waals surface area contributed by atoms with E-state index < -0.39 is 53.2 Å². The van der Waals surface area contributed by atoms with Gasteiger partial charge in [-0.25, -0.2) is 4.79 Å². The molecule has 1 aliphatic rings. The third kappa shape index (κ3) is 9.97. The van der Waals surface area contributed by atoms with E-state index >= 15 is 0 Å². The van der Waals surface area contributed by atoms with Crippen molar-refractivity contribution in [3.8, 4) is 0 Å². The van der Waals surface area contributed by atoms with Crippen molar-refractivity contribution < 1.29 is 28.7 Å². The van der Waals surface area contributed by atoms with Crippen LogP contribution in [0.2, 0.25) is 15.1 Å². The van der Waals surface area contributed by atoms with Crippen LogP contribution in [0.25, 0.3) is 0 Å². The van der Waals surface area contributed by atoms with Crippen molar-refractivity contribution in [3.63, 3.8) is 0 Å². The lowest BCUT2D eigenvalue weighted by Crippen LogP contribution is -2.55. The van der Waals surface area contributed by atoms with Crippen molar-refractivity contribution in [1.82, 2.24) is 21.3 Å². The zero-order chi connectivity index (χ0) is 35.7. The van der Waals surface area contributed by atoms with Crippen LogP contribution in [0.3, 0.4) is 0 Å². The van der Waals surface area contributed by atoms with Crippen LogP contribution in [0, 0.1) is 5.92 Å². The van der Waals surface area contributed by atoms with Crippen LogP contribution in [0.1, 0.15) is 56.4 Å². The second-order valence-electron chi connectivity index (χ2n) is 12.4. The fraction of sp³-hybridized carbons (Fsp3) is 0.361. The summed E-state index contributed by atoms with van der Waals surface area (Å²) < 4.78 is 6.10. The number of ether oxygens (including phenoxy) is 1. The summed E-state index contributed by atoms with van der Waals surface area (Å²) in [6, 6.07) is 18.6. The predicted molar refractivity (Wildman–Crippen MR) is 189 cm³/mol. The van der Waals surface area contributed by atoms with Crippen LogP contribution in [-0.2, 0) is 35.8 Å². The van der Waals surface area contributed by atoms with E-state index in [-0.39, 0.29) is 30.3 Å². The molecule has 0 bridgehead atoms. The molecule has 1 saturated heterocycles. The average molecular weight is 730 g/mol. The zero-order valence-electron chi connectivity index (χ0n) is 27.4. The quantitative estimate of drug-likeness (QED) is 0.157. The number of halogens is 3. The number of likely N-dealkylation sites (N-methyl/N-ethyl adjacent to an activating group) is 1. The minimum atomic E-state index is -1.33. The highest BCUT2D eigenvalue weighted by molar-refractivity contribution is 6.42. The third-order valence-electron chi connectivity index (χ3n) is 8.46. The van der Waals surface area contributed by atoms with Crippen molar-refractivity contribution in [2.24, 2.45) is 5.92 Å². The smallest absolute Gasteiger partial charge is 0.408 e. The summed E-state index contributed by atoms with van der Waals surface area (Å²) in [5.41, 5.74) is 1.29. The van der Waals surface area contributed by atoms with Crippen molar-refractivity contribution in [1.29, 1.82) is 0 Å². The van der Waals surface area contributed by atoms with Gasteiger partial charge in [0.15, 0.2) is 0 Å². The van der Waals surface area contributed by atoms with Crippen LogP contribution in [0.5, 0.6) is 0 Å². The summed E-state index contributed by atoms with van der Waals surface area (Å²) in [5, 5.41) is 11.5. The van der Waals surface area contributed by atoms with E-state index in [0.717, 1.165) is 5.56 Å². The van der Waals surface area contributed by atoms with Gasteiger partial charge < -0.3 is 26.0 Å². The minimum absolute atomic E-state index is 0.0719. The number of amides is 4. The molecule has 13 heteroatoms. The van der Waals surface area contributed by atoms with Crippen LogP contribution < -0.4 is 21.3 Å². The van der Waals surface area contributed by atoms with Gasteiger partial charge in [0.25, 0.3) is 5.91 Å². The average Bonchev–Trinajstić information content (AvgIpc) is 3.48. The number of benzene rings is 3. The number of alkyl carbamates (subject to hydrolysis) is 1. The summed E-state index contributed by atoms with van der Waals surface area (Å²) in [6.45, 7) is 6.10. The van der Waals surface area contributed by atoms with Gasteiger partial charge in [-0.05, 0) is 60.7 Å². The van der Waals surface area contributed by atoms with E-state index in [1.165, 1.54) is 0 Å². The first-order chi connectivity index (χ1) is 23.3. The number of ketones is 1. The maximum absolute atomic E-state index is 14.0. The molecule has 1 fully saturated rings. The Morgan fingerprint density at radius 2 is 1.65 bits per heavy atom. The summed E-state index contributed by atoms with van der Waals surface area (Å²) in [4.78, 5) is 65.9. The van der Waals surface area contributed by atoms with Crippen molar-refractivity contribution in [2.45, 2.75) is 63.6 Å². The highest BCUT2D eigenvalue weighted by atomic mass is 35.5. The molecule has 10 nitrogen and oxygen atoms in total. The molecule has 3 aromatic rings. The Morgan fingerprint density at radius 1 is 0.918 bits per heavy atom. The molecule has 0 spiro atoms. The number of hydrogen-bond acceptors (Lipinski definition) is 6. The van der Waals surface area contributed by atoms with Crippen molar-refractivity contribution >= 4 is 64.4 Å². The van der Waals surface area contributed by atoms with Gasteiger partial charge in [-0.1, -0.05) is 97.2 Å². The summed E-state index contributed by atoms with van der Waals surface area (Å²) in [5.74, 6) is -3.43. The molecular formula is C36H39Cl3N4O6. The predicted octanol–water partition coefficient (Wildman–Crippen LogP) is 5.72. The number of hydrogen-bond donors (Lipinski definition) is 4. The van der Waals surface area contributed by atoms with Gasteiger partial charge in [-0.2, -0.15) is 0 Å². The van der Waals surface area contributed by atoms with Crippen LogP contribution in [0.4, 0.5) is 4.79 Å². The standard InChI is InChI=1S/C36H39Cl3N4O6/c1-4-40-34(47)30(44)28(19-23-15-16-41-32(23)45)42-33(46)29(18-21-13-14-26(38)27(39)17-21)43-35(48)49-31(22-9-6-5-7-10-22)36(2,3)24-11-8-12-25(37)20-24/h5-14,17,20,23,28-29,31H,4,15-16,18-19H2,1-3H3,(H,40,47)(H,41,45)(H,42,46)(H,43,48)/t23-,28?,29-,31?/m0/s1. The van der Waals surface area contributed by atoms with E-state index in [2.05, 4.69) is 21.3 Å². The van der Waals surface area contributed by atoms with Gasteiger partial charge in [-0.3, -0.25) is 19.2 Å². The van der Waals surface area contributed by atoms with E-state index in [4.69, 9.17) is 39.5 Å². The van der Waals surface area contributed by atoms with E-state index in [1.807, 2.05) is 56.3 Å². The second-order valence-corrected chi connectivity index (χ2v) is 13.6. The first kappa shape index (κ1) is 37.7. The summed E-state index contributed by atoms with van der Waals surface area (Å²) in [7, 11) is 0. The van der Waals surface area contributed by atoms with Gasteiger partial charge in [-0.15, -0.1) is 0 Å². The molecule has 4 N–H and O–H groups in total. The van der Waals surface area contributed by atoms with E-state index in [0.29, 0.717) is 34.1 Å². The maximum Gasteiger partial charge on any atom is 0.408 e. The van der Waals surface area contributed by atoms with Gasteiger partial charge >= 0.3 is 6.09 Å². The molecule has 2 unspecified atom stereocenters. The Hall–Kier alpha value is -4.12. The molecule has 4 atom stereocenters. The molecule has 260 valence electrons. The van der Waals surface area contributed by atoms with Gasteiger partial charge in [0.05, 0.1) is 16.1 Å². The second kappa shape index (κ2) is 17.0. The Bertz CT molecular complexity index is 1690. The topological polar surface area (TPSA) is 143 Å². The lowest BCUT2D eigenvalue weighted by Gasteiger charge is -2.35. The SMILES string of the molecule is CCNC(=O)C(=O)C(C[C@@H]1CCNC1=O)NC(=O)[C@H](Cc1ccc(Cl)c(Cl)c1)NC(=O)OC(c1ccccc1)C(C)(C)c1cccc(Cl)c1. The highest BCUT2D eigenvalue weighted by Gasteiger charge is 2.38. The number of rotatable bonds is 14. The fourth-order valence-electron chi connectivity index (χ4n) is 5.76. The van der Waals surface area contributed by atoms with Gasteiger partial charge in [0.2, 0.25) is 17.6 Å². The molecule has 0 aromatic heterocycles. The molecule has 49 heavy (non-hydrogen) atoms. The minimum Gasteiger partial charge on any atom is -0.440 e. The van der Waals surface area contributed by atoms with Crippen LogP contribution in [0.15, 0.2) is 72.8 Å². The molecular weight excluding hydrogens is 691 g/mol. The Balaban J connectivity index is 1.64. The third-order valence-corrected chi connectivity index (χ3v) is 9.44. The van der Waals surface area contributed by atoms with Gasteiger partial charge in [0.1, 0.15) is 12.1 Å². The lowest BCUT2D eigenvalue weighted by atomic mass is 9.76. The molecule has 4 amide bonds. The molecule has 1 heterocycles. The van der Waals surface area contributed by atoms with E-state index in [9.17, 15) is 24.0 Å². The van der Waals surface area contributed by atoms with Crippen molar-refractivity contribution in [2.75, 3.05) is 13.1 Å². The molecule has 0 radical (unpaired) electrons. The number of carbonyl (C=O) groups excluding carboxylic acids is 5. The lowest BCUT2D eigenvalue weighted by molar-refractivity contribution is -0.140. The molecule has 1 aliphatic heterocycles. The Kier molecular flexibility index (Phi) is 13.1. The highest BCUT2D eigenvalue weighted by Crippen LogP contribution is 2.40. The molecule has 4 rings (SSSR count). The van der Waals surface area contributed by atoms with Crippen molar-refractivity contribution in [3.05, 3.63) is 105 Å². The molecule has 0 saturated carbocycles. The maximum atomic E-state index is 14.0. The zero-order valence-corrected chi connectivity index (χ0v) is 29.6. The monoisotopic (exact) mass is 728 g/mol. The summed E-state index contributed by atoms with van der Waals surface area (Å²) in [6.07, 6.45) is -1.47. The Morgan fingerprint density at radius 3 is 2.29 bits per heavy atom. The largest absolute Gasteiger partial charge is 0.440 e. The Labute approximate surface area is 300 Å². The van der Waals surface area contributed by atoms with E-state index in [1.54, 1.807) is 37.3 Å². The number of Topliss-reactive ketones (excluding diaryl/α,β-unsaturated/α-hetero) is 1. The van der Waals surface area contributed by atoms with Crippen LogP contribution in [-0.4, -0.2) is 54.8 Å². The number of carbonyl (C=O) groups is 5. The summed E-state index contributed by atoms with van der Waals surface area (Å²) >= 11 is 18.7. The first-order valence-electron chi connectivity index (χ1n) is 15.9.